The molecule has 4 atom stereocenters. The van der Waals surface area contributed by atoms with E-state index in [9.17, 15) is 9.59 Å². The summed E-state index contributed by atoms with van der Waals surface area (Å²) in [6.45, 7) is 5.67. The van der Waals surface area contributed by atoms with Crippen LogP contribution in [0, 0.1) is 5.92 Å². The number of hydrogen-bond acceptors (Lipinski definition) is 4. The lowest BCUT2D eigenvalue weighted by Crippen LogP contribution is -2.55. The number of likely N-dealkylation sites (N-methyl/N-ethyl adjacent to an activating group) is 1. The summed E-state index contributed by atoms with van der Waals surface area (Å²) in [5.41, 5.74) is 0. The molecule has 1 saturated heterocycles. The van der Waals surface area contributed by atoms with Crippen LogP contribution in [0.3, 0.4) is 0 Å². The van der Waals surface area contributed by atoms with Crippen LogP contribution in [-0.4, -0.2) is 48.2 Å². The Morgan fingerprint density at radius 1 is 1.33 bits per heavy atom. The second kappa shape index (κ2) is 10.2. The van der Waals surface area contributed by atoms with Gasteiger partial charge >= 0.3 is 5.97 Å². The Kier molecular flexibility index (Phi) is 11.0. The molecular formula is C13H27Cl2N3O3. The third kappa shape index (κ3) is 6.82. The summed E-state index contributed by atoms with van der Waals surface area (Å²) in [7, 11) is 1.82. The van der Waals surface area contributed by atoms with Gasteiger partial charge in [-0.3, -0.25) is 14.9 Å². The zero-order valence-corrected chi connectivity index (χ0v) is 14.5. The number of amides is 1. The molecular weight excluding hydrogens is 317 g/mol. The quantitative estimate of drug-likeness (QED) is 0.572. The van der Waals surface area contributed by atoms with E-state index in [-0.39, 0.29) is 48.8 Å². The SMILES string of the molecule is CNC1C[C@@H](C(=O)O)NC1C(CC(C)C)NC(C)=O.Cl.Cl. The fourth-order valence-corrected chi connectivity index (χ4v) is 2.75. The molecule has 0 aromatic rings. The molecule has 1 aliphatic heterocycles. The fourth-order valence-electron chi connectivity index (χ4n) is 2.75. The highest BCUT2D eigenvalue weighted by Crippen LogP contribution is 2.20. The number of nitrogens with one attached hydrogen (secondary N) is 3. The highest BCUT2D eigenvalue weighted by Gasteiger charge is 2.40. The van der Waals surface area contributed by atoms with Crippen molar-refractivity contribution in [3.05, 3.63) is 0 Å². The summed E-state index contributed by atoms with van der Waals surface area (Å²) in [6.07, 6.45) is 1.35. The molecule has 21 heavy (non-hydrogen) atoms. The van der Waals surface area contributed by atoms with Crippen molar-refractivity contribution >= 4 is 36.7 Å². The first kappa shape index (κ1) is 22.7. The van der Waals surface area contributed by atoms with Crippen molar-refractivity contribution < 1.29 is 14.7 Å². The van der Waals surface area contributed by atoms with E-state index >= 15 is 0 Å². The van der Waals surface area contributed by atoms with Gasteiger partial charge < -0.3 is 15.7 Å². The summed E-state index contributed by atoms with van der Waals surface area (Å²) in [6, 6.07) is -0.612. The molecule has 1 amide bonds. The minimum absolute atomic E-state index is 0. The van der Waals surface area contributed by atoms with Crippen LogP contribution in [-0.2, 0) is 9.59 Å². The second-order valence-electron chi connectivity index (χ2n) is 5.65. The lowest BCUT2D eigenvalue weighted by atomic mass is 9.93. The van der Waals surface area contributed by atoms with Crippen LogP contribution in [0.25, 0.3) is 0 Å². The van der Waals surface area contributed by atoms with Crippen LogP contribution in [0.4, 0.5) is 0 Å². The zero-order valence-electron chi connectivity index (χ0n) is 12.9. The minimum atomic E-state index is -0.839. The van der Waals surface area contributed by atoms with Crippen LogP contribution < -0.4 is 16.0 Å². The van der Waals surface area contributed by atoms with Crippen molar-refractivity contribution in [2.75, 3.05) is 7.05 Å². The van der Waals surface area contributed by atoms with E-state index in [2.05, 4.69) is 29.8 Å². The largest absolute Gasteiger partial charge is 0.480 e. The van der Waals surface area contributed by atoms with E-state index < -0.39 is 12.0 Å². The first-order valence-electron chi connectivity index (χ1n) is 6.78. The Balaban J connectivity index is 0. The van der Waals surface area contributed by atoms with Crippen molar-refractivity contribution in [3.63, 3.8) is 0 Å². The molecule has 0 aromatic heterocycles. The lowest BCUT2D eigenvalue weighted by molar-refractivity contribution is -0.139. The molecule has 8 heteroatoms. The Morgan fingerprint density at radius 3 is 2.29 bits per heavy atom. The fraction of sp³-hybridized carbons (Fsp3) is 0.846. The Bertz CT molecular complexity index is 343. The van der Waals surface area contributed by atoms with Crippen molar-refractivity contribution in [3.8, 4) is 0 Å². The average molecular weight is 344 g/mol. The lowest BCUT2D eigenvalue weighted by Gasteiger charge is -2.30. The first-order chi connectivity index (χ1) is 8.85. The molecule has 1 heterocycles. The molecule has 1 fully saturated rings. The monoisotopic (exact) mass is 343 g/mol. The van der Waals surface area contributed by atoms with Gasteiger partial charge in [0.1, 0.15) is 6.04 Å². The van der Waals surface area contributed by atoms with Crippen molar-refractivity contribution in [1.29, 1.82) is 0 Å². The molecule has 3 unspecified atom stereocenters. The summed E-state index contributed by atoms with van der Waals surface area (Å²) < 4.78 is 0. The molecule has 0 bridgehead atoms. The summed E-state index contributed by atoms with van der Waals surface area (Å²) in [5.74, 6) is -0.491. The van der Waals surface area contributed by atoms with Gasteiger partial charge in [0.05, 0.1) is 0 Å². The van der Waals surface area contributed by atoms with Gasteiger partial charge in [-0.1, -0.05) is 13.8 Å². The average Bonchev–Trinajstić information content (AvgIpc) is 2.70. The van der Waals surface area contributed by atoms with E-state index in [1.165, 1.54) is 6.92 Å². The molecule has 0 saturated carbocycles. The molecule has 0 spiro atoms. The van der Waals surface area contributed by atoms with E-state index in [0.29, 0.717) is 12.3 Å². The third-order valence-corrected chi connectivity index (χ3v) is 3.53. The third-order valence-electron chi connectivity index (χ3n) is 3.53. The van der Waals surface area contributed by atoms with Gasteiger partial charge in [-0.2, -0.15) is 0 Å². The predicted octanol–water partition coefficient (Wildman–Crippen LogP) is 0.784. The number of carbonyl (C=O) groups is 2. The number of hydrogen-bond donors (Lipinski definition) is 4. The molecule has 4 N–H and O–H groups in total. The van der Waals surface area contributed by atoms with Gasteiger partial charge in [-0.15, -0.1) is 24.8 Å². The Labute approximate surface area is 138 Å². The second-order valence-corrected chi connectivity index (χ2v) is 5.65. The van der Waals surface area contributed by atoms with Crippen molar-refractivity contribution in [2.24, 2.45) is 5.92 Å². The number of carboxylic acids is 1. The van der Waals surface area contributed by atoms with Crippen LogP contribution in [0.2, 0.25) is 0 Å². The van der Waals surface area contributed by atoms with E-state index in [4.69, 9.17) is 5.11 Å². The van der Waals surface area contributed by atoms with E-state index in [1.54, 1.807) is 0 Å². The molecule has 6 nitrogen and oxygen atoms in total. The van der Waals surface area contributed by atoms with Gasteiger partial charge in [0.25, 0.3) is 0 Å². The van der Waals surface area contributed by atoms with Gasteiger partial charge in [-0.25, -0.2) is 0 Å². The maximum Gasteiger partial charge on any atom is 0.320 e. The number of carboxylic acid groups (broad SMARTS) is 1. The molecule has 126 valence electrons. The number of rotatable bonds is 6. The minimum Gasteiger partial charge on any atom is -0.480 e. The molecule has 0 aromatic carbocycles. The summed E-state index contributed by atoms with van der Waals surface area (Å²) in [4.78, 5) is 22.4. The van der Waals surface area contributed by atoms with Crippen LogP contribution >= 0.6 is 24.8 Å². The van der Waals surface area contributed by atoms with E-state index in [1.807, 2.05) is 7.05 Å². The predicted molar refractivity (Wildman–Crippen MR) is 87.4 cm³/mol. The Morgan fingerprint density at radius 2 is 1.90 bits per heavy atom. The smallest absolute Gasteiger partial charge is 0.320 e. The van der Waals surface area contributed by atoms with Gasteiger partial charge in [0.2, 0.25) is 5.91 Å². The van der Waals surface area contributed by atoms with Crippen LogP contribution in [0.5, 0.6) is 0 Å². The van der Waals surface area contributed by atoms with Gasteiger partial charge in [0.15, 0.2) is 0 Å². The maximum atomic E-state index is 11.3. The topological polar surface area (TPSA) is 90.5 Å². The normalized spacial score (nSPS) is 25.7. The van der Waals surface area contributed by atoms with Crippen LogP contribution in [0.1, 0.15) is 33.6 Å². The van der Waals surface area contributed by atoms with Crippen LogP contribution in [0.15, 0.2) is 0 Å². The number of aliphatic carboxylic acids is 1. The van der Waals surface area contributed by atoms with Crippen molar-refractivity contribution in [1.82, 2.24) is 16.0 Å². The zero-order chi connectivity index (χ0) is 14.6. The van der Waals surface area contributed by atoms with Crippen molar-refractivity contribution in [2.45, 2.75) is 57.8 Å². The molecule has 1 rings (SSSR count). The molecule has 0 radical (unpaired) electrons. The molecule has 1 aliphatic rings. The summed E-state index contributed by atoms with van der Waals surface area (Å²) in [5, 5.41) is 18.3. The first-order valence-corrected chi connectivity index (χ1v) is 6.78. The maximum absolute atomic E-state index is 11.3. The highest BCUT2D eigenvalue weighted by molar-refractivity contribution is 5.85. The summed E-state index contributed by atoms with van der Waals surface area (Å²) >= 11 is 0. The van der Waals surface area contributed by atoms with Gasteiger partial charge in [0, 0.05) is 25.0 Å². The number of halogens is 2. The highest BCUT2D eigenvalue weighted by atomic mass is 35.5. The standard InChI is InChI=1S/C13H25N3O3.2ClH/c1-7(2)5-10(15-8(3)17)12-9(14-4)6-11(16-12)13(18)19;;/h7,9-12,14,16H,5-6H2,1-4H3,(H,15,17)(H,18,19);2*1H/t9?,10?,11-,12?;;/m0../s1. The molecule has 0 aliphatic carbocycles. The number of carbonyl (C=O) groups excluding carboxylic acids is 1. The van der Waals surface area contributed by atoms with Gasteiger partial charge in [-0.05, 0) is 25.8 Å². The Hall–Kier alpha value is -0.560. The van der Waals surface area contributed by atoms with E-state index in [0.717, 1.165) is 6.42 Å².